The molecule has 2 aromatic carbocycles. The third-order valence-electron chi connectivity index (χ3n) is 7.32. The molecular weight excluding hydrogens is 448 g/mol. The summed E-state index contributed by atoms with van der Waals surface area (Å²) in [5, 5.41) is 15.9. The van der Waals surface area contributed by atoms with Crippen LogP contribution in [0.3, 0.4) is 0 Å². The average molecular weight is 481 g/mol. The molecule has 1 saturated heterocycles. The second kappa shape index (κ2) is 10.3. The maximum atomic E-state index is 12.7. The van der Waals surface area contributed by atoms with Crippen molar-refractivity contribution in [3.8, 4) is 11.5 Å². The van der Waals surface area contributed by atoms with Gasteiger partial charge in [-0.15, -0.1) is 0 Å². The van der Waals surface area contributed by atoms with Gasteiger partial charge in [0.25, 0.3) is 0 Å². The number of methoxy groups -OCH3 is 1. The molecule has 186 valence electrons. The van der Waals surface area contributed by atoms with Crippen LogP contribution in [0.25, 0.3) is 0 Å². The fourth-order valence-electron chi connectivity index (χ4n) is 5.20. The van der Waals surface area contributed by atoms with Crippen molar-refractivity contribution in [2.24, 2.45) is 5.92 Å². The first-order valence-corrected chi connectivity index (χ1v) is 12.3. The van der Waals surface area contributed by atoms with E-state index in [1.165, 1.54) is 0 Å². The number of para-hydroxylation sites is 1. The Morgan fingerprint density at radius 1 is 1.17 bits per heavy atom. The zero-order chi connectivity index (χ0) is 24.4. The van der Waals surface area contributed by atoms with Crippen molar-refractivity contribution in [3.05, 3.63) is 53.6 Å². The minimum Gasteiger partial charge on any atom is -0.496 e. The number of nitrogens with one attached hydrogen (secondary N) is 2. The van der Waals surface area contributed by atoms with Gasteiger partial charge in [-0.2, -0.15) is 0 Å². The molecule has 5 rings (SSSR count). The lowest BCUT2D eigenvalue weighted by Crippen LogP contribution is -2.47. The van der Waals surface area contributed by atoms with E-state index in [0.717, 1.165) is 47.6 Å². The summed E-state index contributed by atoms with van der Waals surface area (Å²) >= 11 is 0. The Labute approximate surface area is 205 Å². The molecule has 2 aromatic rings. The zero-order valence-corrected chi connectivity index (χ0v) is 19.9. The molecule has 3 N–H and O–H groups in total. The van der Waals surface area contributed by atoms with E-state index in [0.29, 0.717) is 13.0 Å². The summed E-state index contributed by atoms with van der Waals surface area (Å²) in [6.07, 6.45) is 2.58. The lowest BCUT2D eigenvalue weighted by atomic mass is 9.83. The predicted molar refractivity (Wildman–Crippen MR) is 129 cm³/mol. The van der Waals surface area contributed by atoms with Crippen molar-refractivity contribution in [2.45, 2.75) is 62.9 Å². The molecule has 2 heterocycles. The van der Waals surface area contributed by atoms with Gasteiger partial charge in [-0.05, 0) is 43.5 Å². The SMILES string of the molecule is COc1ccccc1CNC(=O)C[C@@H]1C[C@@H]2c3cc(NC(=O)C4CCC4)ccc3O[C@@H]2[C@@H](CO)O1. The molecule has 0 aromatic heterocycles. The number of ether oxygens (including phenoxy) is 3. The Hall–Kier alpha value is -3.10. The number of rotatable bonds is 8. The van der Waals surface area contributed by atoms with Crippen molar-refractivity contribution in [1.82, 2.24) is 5.32 Å². The second-order valence-corrected chi connectivity index (χ2v) is 9.57. The van der Waals surface area contributed by atoms with Crippen LogP contribution < -0.4 is 20.1 Å². The molecule has 2 amide bonds. The van der Waals surface area contributed by atoms with Gasteiger partial charge < -0.3 is 30.0 Å². The van der Waals surface area contributed by atoms with Crippen LogP contribution in [0.4, 0.5) is 5.69 Å². The third-order valence-corrected chi connectivity index (χ3v) is 7.32. The van der Waals surface area contributed by atoms with Crippen LogP contribution in [0.1, 0.15) is 49.1 Å². The number of hydrogen-bond donors (Lipinski definition) is 3. The van der Waals surface area contributed by atoms with Gasteiger partial charge in [0.05, 0.1) is 26.2 Å². The molecule has 1 aliphatic carbocycles. The molecule has 2 aliphatic heterocycles. The van der Waals surface area contributed by atoms with E-state index >= 15 is 0 Å². The minimum atomic E-state index is -0.527. The van der Waals surface area contributed by atoms with E-state index in [1.807, 2.05) is 42.5 Å². The Morgan fingerprint density at radius 3 is 2.74 bits per heavy atom. The van der Waals surface area contributed by atoms with Gasteiger partial charge in [0.1, 0.15) is 23.7 Å². The molecule has 2 fully saturated rings. The standard InChI is InChI=1S/C27H32N2O6/c1-33-22-8-3-2-5-17(22)14-28-25(31)13-19-12-21-20-11-18(29-27(32)16-6-4-7-16)9-10-23(20)35-26(21)24(15-30)34-19/h2-3,5,8-11,16,19,21,24,26,30H,4,6-7,12-15H2,1H3,(H,28,31)(H,29,32)/t19-,21+,24+,26-/m0/s1. The quantitative estimate of drug-likeness (QED) is 0.536. The summed E-state index contributed by atoms with van der Waals surface area (Å²) in [6, 6.07) is 13.2. The normalized spacial score (nSPS) is 25.0. The van der Waals surface area contributed by atoms with Crippen molar-refractivity contribution >= 4 is 17.5 Å². The Bertz CT molecular complexity index is 1090. The van der Waals surface area contributed by atoms with Crippen molar-refractivity contribution in [3.63, 3.8) is 0 Å². The number of carbonyl (C=O) groups excluding carboxylic acids is 2. The van der Waals surface area contributed by atoms with Gasteiger partial charge >= 0.3 is 0 Å². The maximum absolute atomic E-state index is 12.7. The highest BCUT2D eigenvalue weighted by Gasteiger charge is 2.46. The van der Waals surface area contributed by atoms with E-state index in [9.17, 15) is 14.7 Å². The first-order chi connectivity index (χ1) is 17.1. The van der Waals surface area contributed by atoms with Crippen LogP contribution in [0.2, 0.25) is 0 Å². The van der Waals surface area contributed by atoms with Crippen molar-refractivity contribution in [1.29, 1.82) is 0 Å². The van der Waals surface area contributed by atoms with Crippen LogP contribution in [0, 0.1) is 5.92 Å². The molecule has 0 radical (unpaired) electrons. The molecule has 0 bridgehead atoms. The topological polar surface area (TPSA) is 106 Å². The van der Waals surface area contributed by atoms with Gasteiger partial charge in [0, 0.05) is 35.2 Å². The highest BCUT2D eigenvalue weighted by molar-refractivity contribution is 5.93. The predicted octanol–water partition coefficient (Wildman–Crippen LogP) is 3.13. The number of aliphatic hydroxyl groups excluding tert-OH is 1. The van der Waals surface area contributed by atoms with Gasteiger partial charge in [-0.3, -0.25) is 9.59 Å². The molecule has 35 heavy (non-hydrogen) atoms. The summed E-state index contributed by atoms with van der Waals surface area (Å²) in [7, 11) is 1.60. The zero-order valence-electron chi connectivity index (χ0n) is 19.9. The van der Waals surface area contributed by atoms with E-state index in [4.69, 9.17) is 14.2 Å². The van der Waals surface area contributed by atoms with E-state index in [1.54, 1.807) is 7.11 Å². The lowest BCUT2D eigenvalue weighted by molar-refractivity contribution is -0.142. The Kier molecular flexibility index (Phi) is 6.92. The highest BCUT2D eigenvalue weighted by atomic mass is 16.6. The number of carbonyl (C=O) groups is 2. The number of hydrogen-bond acceptors (Lipinski definition) is 6. The average Bonchev–Trinajstić information content (AvgIpc) is 3.19. The number of aliphatic hydroxyl groups is 1. The van der Waals surface area contributed by atoms with Gasteiger partial charge in [-0.1, -0.05) is 24.6 Å². The number of amides is 2. The third kappa shape index (κ3) is 4.99. The van der Waals surface area contributed by atoms with Crippen LogP contribution in [0.15, 0.2) is 42.5 Å². The van der Waals surface area contributed by atoms with Gasteiger partial charge in [0.2, 0.25) is 11.8 Å². The number of benzene rings is 2. The van der Waals surface area contributed by atoms with E-state index in [2.05, 4.69) is 10.6 Å². The Morgan fingerprint density at radius 2 is 2.00 bits per heavy atom. The first kappa shape index (κ1) is 23.6. The summed E-state index contributed by atoms with van der Waals surface area (Å²) in [6.45, 7) is 0.167. The van der Waals surface area contributed by atoms with E-state index < -0.39 is 6.10 Å². The molecule has 3 aliphatic rings. The van der Waals surface area contributed by atoms with Crippen LogP contribution in [0.5, 0.6) is 11.5 Å². The van der Waals surface area contributed by atoms with Crippen molar-refractivity contribution in [2.75, 3.05) is 19.0 Å². The van der Waals surface area contributed by atoms with Gasteiger partial charge in [0.15, 0.2) is 0 Å². The number of fused-ring (bicyclic) bond motifs is 3. The first-order valence-electron chi connectivity index (χ1n) is 12.3. The summed E-state index contributed by atoms with van der Waals surface area (Å²) in [5.41, 5.74) is 2.64. The van der Waals surface area contributed by atoms with E-state index in [-0.39, 0.29) is 48.9 Å². The Balaban J connectivity index is 1.24. The summed E-state index contributed by atoms with van der Waals surface area (Å²) in [5.74, 6) is 1.49. The van der Waals surface area contributed by atoms with Crippen LogP contribution in [-0.4, -0.2) is 48.9 Å². The monoisotopic (exact) mass is 480 g/mol. The smallest absolute Gasteiger partial charge is 0.227 e. The molecule has 8 heteroatoms. The summed E-state index contributed by atoms with van der Waals surface area (Å²) < 4.78 is 17.5. The van der Waals surface area contributed by atoms with Crippen molar-refractivity contribution < 1.29 is 28.9 Å². The highest BCUT2D eigenvalue weighted by Crippen LogP contribution is 2.47. The van der Waals surface area contributed by atoms with Crippen LogP contribution in [-0.2, 0) is 20.9 Å². The molecule has 1 saturated carbocycles. The maximum Gasteiger partial charge on any atom is 0.227 e. The minimum absolute atomic E-state index is 0.0246. The lowest BCUT2D eigenvalue weighted by Gasteiger charge is -2.37. The fraction of sp³-hybridized carbons (Fsp3) is 0.481. The molecule has 8 nitrogen and oxygen atoms in total. The largest absolute Gasteiger partial charge is 0.496 e. The molecule has 0 unspecified atom stereocenters. The molecular formula is C27H32N2O6. The molecule has 0 spiro atoms. The summed E-state index contributed by atoms with van der Waals surface area (Å²) in [4.78, 5) is 25.1. The molecule has 4 atom stereocenters. The second-order valence-electron chi connectivity index (χ2n) is 9.57. The number of anilines is 1. The van der Waals surface area contributed by atoms with Crippen LogP contribution >= 0.6 is 0 Å². The fourth-order valence-corrected chi connectivity index (χ4v) is 5.20. The van der Waals surface area contributed by atoms with Gasteiger partial charge in [-0.25, -0.2) is 0 Å².